The second-order valence-corrected chi connectivity index (χ2v) is 4.30. The number of alkyl halides is 5. The largest absolute Gasteiger partial charge is 0.470 e. The SMILES string of the molecule is O=S(=O)(NCCCO)C(F)(F)C(F)(F)F. The minimum absolute atomic E-state index is 0.257. The molecule has 2 N–H and O–H groups in total. The highest BCUT2D eigenvalue weighted by Crippen LogP contribution is 2.39. The predicted molar refractivity (Wildman–Crippen MR) is 39.6 cm³/mol. The van der Waals surface area contributed by atoms with Gasteiger partial charge in [-0.3, -0.25) is 0 Å². The van der Waals surface area contributed by atoms with Crippen LogP contribution in [0.2, 0.25) is 0 Å². The lowest BCUT2D eigenvalue weighted by molar-refractivity contribution is -0.241. The monoisotopic (exact) mass is 257 g/mol. The molecule has 0 bridgehead atoms. The Morgan fingerprint density at radius 2 is 1.60 bits per heavy atom. The zero-order chi connectivity index (χ0) is 12.3. The van der Waals surface area contributed by atoms with E-state index in [-0.39, 0.29) is 6.42 Å². The van der Waals surface area contributed by atoms with E-state index in [4.69, 9.17) is 5.11 Å². The Labute approximate surface area is 82.1 Å². The Hall–Kier alpha value is -0.480. The molecule has 0 rings (SSSR count). The third-order valence-electron chi connectivity index (χ3n) is 1.29. The summed E-state index contributed by atoms with van der Waals surface area (Å²) in [7, 11) is -5.81. The second kappa shape index (κ2) is 4.58. The van der Waals surface area contributed by atoms with Gasteiger partial charge in [-0.05, 0) is 6.42 Å². The quantitative estimate of drug-likeness (QED) is 0.555. The Morgan fingerprint density at radius 1 is 1.13 bits per heavy atom. The van der Waals surface area contributed by atoms with Crippen molar-refractivity contribution in [2.75, 3.05) is 13.2 Å². The lowest BCUT2D eigenvalue weighted by Crippen LogP contribution is -2.50. The Morgan fingerprint density at radius 3 is 1.93 bits per heavy atom. The number of sulfonamides is 1. The average molecular weight is 257 g/mol. The molecule has 0 unspecified atom stereocenters. The van der Waals surface area contributed by atoms with E-state index in [0.717, 1.165) is 4.72 Å². The first-order chi connectivity index (χ1) is 6.56. The zero-order valence-corrected chi connectivity index (χ0v) is 8.00. The fourth-order valence-electron chi connectivity index (χ4n) is 0.529. The van der Waals surface area contributed by atoms with Gasteiger partial charge in [-0.25, -0.2) is 13.1 Å². The highest BCUT2D eigenvalue weighted by Gasteiger charge is 2.67. The van der Waals surface area contributed by atoms with Crippen LogP contribution in [-0.4, -0.2) is 38.1 Å². The molecule has 0 saturated carbocycles. The molecule has 0 aromatic heterocycles. The van der Waals surface area contributed by atoms with Crippen LogP contribution in [0.5, 0.6) is 0 Å². The van der Waals surface area contributed by atoms with Crippen molar-refractivity contribution in [2.45, 2.75) is 17.9 Å². The first kappa shape index (κ1) is 14.5. The summed E-state index contributed by atoms with van der Waals surface area (Å²) in [5.41, 5.74) is 0. The van der Waals surface area contributed by atoms with Crippen LogP contribution in [-0.2, 0) is 10.0 Å². The molecule has 0 saturated heterocycles. The van der Waals surface area contributed by atoms with E-state index in [1.165, 1.54) is 0 Å². The molecule has 10 heteroatoms. The minimum atomic E-state index is -6.17. The van der Waals surface area contributed by atoms with Crippen molar-refractivity contribution in [3.05, 3.63) is 0 Å². The van der Waals surface area contributed by atoms with Gasteiger partial charge in [0.05, 0.1) is 0 Å². The van der Waals surface area contributed by atoms with Gasteiger partial charge >= 0.3 is 11.4 Å². The summed E-state index contributed by atoms with van der Waals surface area (Å²) in [6.45, 7) is -1.22. The predicted octanol–water partition coefficient (Wildman–Crippen LogP) is 0.443. The van der Waals surface area contributed by atoms with Crippen molar-refractivity contribution in [3.8, 4) is 0 Å². The Kier molecular flexibility index (Phi) is 4.43. The van der Waals surface area contributed by atoms with Crippen LogP contribution in [0.3, 0.4) is 0 Å². The lowest BCUT2D eigenvalue weighted by Gasteiger charge is -2.19. The number of nitrogens with one attached hydrogen (secondary N) is 1. The summed E-state index contributed by atoms with van der Waals surface area (Å²) < 4.78 is 81.5. The maximum Gasteiger partial charge on any atom is 0.470 e. The van der Waals surface area contributed by atoms with Crippen molar-refractivity contribution in [1.29, 1.82) is 0 Å². The highest BCUT2D eigenvalue weighted by molar-refractivity contribution is 7.90. The number of halogens is 5. The fourth-order valence-corrected chi connectivity index (χ4v) is 1.43. The van der Waals surface area contributed by atoms with Gasteiger partial charge in [-0.2, -0.15) is 22.0 Å². The Bertz CT molecular complexity index is 298. The van der Waals surface area contributed by atoms with E-state index < -0.39 is 34.6 Å². The van der Waals surface area contributed by atoms with E-state index >= 15 is 0 Å². The van der Waals surface area contributed by atoms with Crippen LogP contribution < -0.4 is 4.72 Å². The van der Waals surface area contributed by atoms with E-state index in [2.05, 4.69) is 0 Å². The van der Waals surface area contributed by atoms with Gasteiger partial charge < -0.3 is 5.11 Å². The summed E-state index contributed by atoms with van der Waals surface area (Å²) in [6, 6.07) is 0. The average Bonchev–Trinajstić information content (AvgIpc) is 2.02. The van der Waals surface area contributed by atoms with Crippen LogP contribution in [0, 0.1) is 0 Å². The number of rotatable bonds is 5. The number of hydrogen-bond acceptors (Lipinski definition) is 3. The molecular weight excluding hydrogens is 249 g/mol. The van der Waals surface area contributed by atoms with Crippen molar-refractivity contribution < 1.29 is 35.5 Å². The molecule has 0 aliphatic rings. The smallest absolute Gasteiger partial charge is 0.396 e. The molecule has 0 aromatic rings. The van der Waals surface area contributed by atoms with Crippen molar-refractivity contribution in [3.63, 3.8) is 0 Å². The van der Waals surface area contributed by atoms with Gasteiger partial charge in [0, 0.05) is 13.2 Å². The van der Waals surface area contributed by atoms with E-state index in [0.29, 0.717) is 0 Å². The molecule has 15 heavy (non-hydrogen) atoms. The van der Waals surface area contributed by atoms with Crippen LogP contribution in [0.4, 0.5) is 22.0 Å². The molecular formula is C5H8F5NO3S. The van der Waals surface area contributed by atoms with Gasteiger partial charge in [0.25, 0.3) is 10.0 Å². The number of hydrogen-bond donors (Lipinski definition) is 2. The van der Waals surface area contributed by atoms with Crippen molar-refractivity contribution in [1.82, 2.24) is 4.72 Å². The first-order valence-corrected chi connectivity index (χ1v) is 5.09. The van der Waals surface area contributed by atoms with E-state index in [9.17, 15) is 30.4 Å². The van der Waals surface area contributed by atoms with Gasteiger partial charge in [0.15, 0.2) is 0 Å². The van der Waals surface area contributed by atoms with Crippen LogP contribution in [0.1, 0.15) is 6.42 Å². The van der Waals surface area contributed by atoms with E-state index in [1.807, 2.05) is 0 Å². The third-order valence-corrected chi connectivity index (χ3v) is 2.79. The maximum absolute atomic E-state index is 12.3. The summed E-state index contributed by atoms with van der Waals surface area (Å²) in [5.74, 6) is 0. The molecule has 92 valence electrons. The molecule has 0 amide bonds. The topological polar surface area (TPSA) is 66.4 Å². The molecule has 4 nitrogen and oxygen atoms in total. The second-order valence-electron chi connectivity index (χ2n) is 2.49. The lowest BCUT2D eigenvalue weighted by atomic mass is 10.5. The minimum Gasteiger partial charge on any atom is -0.396 e. The first-order valence-electron chi connectivity index (χ1n) is 3.61. The normalized spacial score (nSPS) is 14.3. The standard InChI is InChI=1S/C5H8F5NO3S/c6-4(7,8)5(9,10)15(13,14)11-2-1-3-12/h11-12H,1-3H2. The Balaban J connectivity index is 4.73. The summed E-state index contributed by atoms with van der Waals surface area (Å²) in [4.78, 5) is 0. The van der Waals surface area contributed by atoms with Crippen LogP contribution >= 0.6 is 0 Å². The van der Waals surface area contributed by atoms with Gasteiger partial charge in [0.2, 0.25) is 0 Å². The molecule has 0 heterocycles. The molecule has 0 spiro atoms. The molecule has 0 fully saturated rings. The number of aliphatic hydroxyl groups excluding tert-OH is 1. The van der Waals surface area contributed by atoms with Crippen molar-refractivity contribution in [2.24, 2.45) is 0 Å². The van der Waals surface area contributed by atoms with Gasteiger partial charge in [-0.1, -0.05) is 0 Å². The molecule has 0 aliphatic heterocycles. The maximum atomic E-state index is 12.3. The van der Waals surface area contributed by atoms with Gasteiger partial charge in [-0.15, -0.1) is 0 Å². The van der Waals surface area contributed by atoms with Gasteiger partial charge in [0.1, 0.15) is 0 Å². The van der Waals surface area contributed by atoms with E-state index in [1.54, 1.807) is 0 Å². The summed E-state index contributed by atoms with van der Waals surface area (Å²) >= 11 is 0. The summed E-state index contributed by atoms with van der Waals surface area (Å²) in [6.07, 6.45) is -6.43. The van der Waals surface area contributed by atoms with Crippen LogP contribution in [0.25, 0.3) is 0 Å². The zero-order valence-electron chi connectivity index (χ0n) is 7.18. The molecule has 0 atom stereocenters. The van der Waals surface area contributed by atoms with Crippen LogP contribution in [0.15, 0.2) is 0 Å². The number of aliphatic hydroxyl groups is 1. The summed E-state index contributed by atoms with van der Waals surface area (Å²) in [5, 5.41) is 2.34. The molecule has 0 radical (unpaired) electrons. The molecule has 0 aromatic carbocycles. The van der Waals surface area contributed by atoms with Crippen molar-refractivity contribution >= 4 is 10.0 Å². The molecule has 0 aliphatic carbocycles. The highest BCUT2D eigenvalue weighted by atomic mass is 32.2. The fraction of sp³-hybridized carbons (Fsp3) is 1.00. The third kappa shape index (κ3) is 3.24.